The third kappa shape index (κ3) is 4.17. The number of aryl methyl sites for hydroxylation is 1. The molecule has 5 rings (SSSR count). The summed E-state index contributed by atoms with van der Waals surface area (Å²) < 4.78 is 8.40. The third-order valence-electron chi connectivity index (χ3n) is 7.97. The van der Waals surface area contributed by atoms with Gasteiger partial charge in [-0.3, -0.25) is 4.79 Å². The average Bonchev–Trinajstić information content (AvgIpc) is 3.30. The van der Waals surface area contributed by atoms with E-state index in [-0.39, 0.29) is 11.2 Å². The largest absolute Gasteiger partial charge is 0.495 e. The SMILES string of the molecule is COC1=C(c2c(C)[nH]c3ccccc23)C(=O)/C1=C1/C(C)=[N+](CC(CC(C)(C)C)C(C)C)c2ccccc21. The molecule has 0 saturated heterocycles. The van der Waals surface area contributed by atoms with Gasteiger partial charge in [0.2, 0.25) is 11.5 Å². The number of Topliss-reactive ketones (excluding diaryl/α,β-unsaturated/α-hetero) is 1. The van der Waals surface area contributed by atoms with E-state index in [1.807, 2.05) is 25.1 Å². The van der Waals surface area contributed by atoms with Gasteiger partial charge in [-0.2, -0.15) is 4.58 Å². The van der Waals surface area contributed by atoms with Gasteiger partial charge in [-0.15, -0.1) is 0 Å². The van der Waals surface area contributed by atoms with Crippen molar-refractivity contribution in [1.29, 1.82) is 0 Å². The maximum Gasteiger partial charge on any atom is 0.213 e. The fraction of sp³-hybridized carbons (Fsp3) is 0.394. The molecule has 192 valence electrons. The molecule has 1 N–H and O–H groups in total. The second-order valence-corrected chi connectivity index (χ2v) is 12.1. The predicted molar refractivity (Wildman–Crippen MR) is 153 cm³/mol. The Morgan fingerprint density at radius 2 is 1.62 bits per heavy atom. The molecule has 0 fully saturated rings. The minimum atomic E-state index is 0.0609. The maximum atomic E-state index is 14.0. The quantitative estimate of drug-likeness (QED) is 0.281. The van der Waals surface area contributed by atoms with Gasteiger partial charge in [0, 0.05) is 41.1 Å². The van der Waals surface area contributed by atoms with Gasteiger partial charge in [0.15, 0.2) is 12.3 Å². The molecule has 2 aromatic carbocycles. The summed E-state index contributed by atoms with van der Waals surface area (Å²) >= 11 is 0. The maximum absolute atomic E-state index is 14.0. The second-order valence-electron chi connectivity index (χ2n) is 12.1. The van der Waals surface area contributed by atoms with Crippen LogP contribution in [-0.4, -0.2) is 34.7 Å². The van der Waals surface area contributed by atoms with Crippen LogP contribution in [0.4, 0.5) is 5.69 Å². The second kappa shape index (κ2) is 9.16. The van der Waals surface area contributed by atoms with Crippen molar-refractivity contribution in [1.82, 2.24) is 4.98 Å². The predicted octanol–water partition coefficient (Wildman–Crippen LogP) is 7.70. The molecule has 0 spiro atoms. The number of nitrogens with zero attached hydrogens (tertiary/aromatic N) is 1. The lowest BCUT2D eigenvalue weighted by molar-refractivity contribution is -0.449. The van der Waals surface area contributed by atoms with Crippen molar-refractivity contribution < 1.29 is 14.1 Å². The van der Waals surface area contributed by atoms with Gasteiger partial charge in [0.1, 0.15) is 5.76 Å². The number of hydrogen-bond donors (Lipinski definition) is 1. The number of aromatic amines is 1. The van der Waals surface area contributed by atoms with Crippen molar-refractivity contribution in [2.45, 2.75) is 54.9 Å². The first-order chi connectivity index (χ1) is 17.5. The van der Waals surface area contributed by atoms with Crippen LogP contribution in [0.3, 0.4) is 0 Å². The number of H-pyrrole nitrogens is 1. The summed E-state index contributed by atoms with van der Waals surface area (Å²) in [6.45, 7) is 16.7. The number of hydrogen-bond acceptors (Lipinski definition) is 2. The highest BCUT2D eigenvalue weighted by molar-refractivity contribution is 6.47. The van der Waals surface area contributed by atoms with E-state index in [0.29, 0.717) is 28.7 Å². The first-order valence-electron chi connectivity index (χ1n) is 13.4. The van der Waals surface area contributed by atoms with Crippen LogP contribution < -0.4 is 0 Å². The zero-order valence-electron chi connectivity index (χ0n) is 23.5. The Labute approximate surface area is 220 Å². The zero-order chi connectivity index (χ0) is 26.6. The molecule has 1 atom stereocenters. The average molecular weight is 496 g/mol. The van der Waals surface area contributed by atoms with Crippen LogP contribution in [0.5, 0.6) is 0 Å². The van der Waals surface area contributed by atoms with Crippen molar-refractivity contribution in [3.05, 3.63) is 76.7 Å². The Morgan fingerprint density at radius 1 is 0.946 bits per heavy atom. The molecule has 4 heteroatoms. The summed E-state index contributed by atoms with van der Waals surface area (Å²) in [5, 5.41) is 1.05. The van der Waals surface area contributed by atoms with E-state index in [0.717, 1.165) is 52.0 Å². The molecular weight excluding hydrogens is 456 g/mol. The summed E-state index contributed by atoms with van der Waals surface area (Å²) in [4.78, 5) is 17.4. The summed E-state index contributed by atoms with van der Waals surface area (Å²) in [6.07, 6.45) is 1.15. The standard InChI is InChI=1S/C33H38N2O2/c1-19(2)22(17-33(5,6)7)18-35-21(4)28(24-14-10-12-16-26(24)35)30-31(36)29(32(30)37-8)27-20(3)34-25-15-11-9-13-23(25)27/h9-16,19,22H,17-18H2,1-8H3/p+1. The van der Waals surface area contributed by atoms with Crippen LogP contribution in [0, 0.1) is 24.2 Å². The van der Waals surface area contributed by atoms with E-state index >= 15 is 0 Å². The number of allylic oxidation sites excluding steroid dienone is 3. The van der Waals surface area contributed by atoms with Crippen LogP contribution in [0.15, 0.2) is 59.9 Å². The van der Waals surface area contributed by atoms with Crippen molar-refractivity contribution in [2.24, 2.45) is 17.3 Å². The van der Waals surface area contributed by atoms with Crippen LogP contribution in [0.2, 0.25) is 0 Å². The molecule has 1 unspecified atom stereocenters. The molecule has 1 aliphatic carbocycles. The van der Waals surface area contributed by atoms with Crippen molar-refractivity contribution in [3.8, 4) is 0 Å². The molecule has 3 aromatic rings. The molecule has 37 heavy (non-hydrogen) atoms. The van der Waals surface area contributed by atoms with Crippen LogP contribution in [-0.2, 0) is 9.53 Å². The van der Waals surface area contributed by atoms with E-state index in [1.165, 1.54) is 5.69 Å². The summed E-state index contributed by atoms with van der Waals surface area (Å²) in [7, 11) is 1.68. The number of ether oxygens (including phenoxy) is 1. The highest BCUT2D eigenvalue weighted by atomic mass is 16.5. The van der Waals surface area contributed by atoms with E-state index in [4.69, 9.17) is 4.74 Å². The summed E-state index contributed by atoms with van der Waals surface area (Å²) in [6, 6.07) is 16.6. The Balaban J connectivity index is 1.68. The molecule has 2 heterocycles. The molecule has 0 bridgehead atoms. The Morgan fingerprint density at radius 3 is 2.30 bits per heavy atom. The van der Waals surface area contributed by atoms with Gasteiger partial charge < -0.3 is 9.72 Å². The van der Waals surface area contributed by atoms with Gasteiger partial charge in [0.05, 0.1) is 29.4 Å². The minimum absolute atomic E-state index is 0.0609. The molecule has 2 aliphatic rings. The Hall–Kier alpha value is -3.40. The number of methoxy groups -OCH3 is 1. The molecule has 1 aromatic heterocycles. The molecule has 0 radical (unpaired) electrons. The molecular formula is C33H39N2O2+. The molecule has 4 nitrogen and oxygen atoms in total. The van der Waals surface area contributed by atoms with E-state index in [2.05, 4.69) is 81.4 Å². The lowest BCUT2D eigenvalue weighted by atomic mass is 9.78. The normalized spacial score (nSPS) is 18.7. The van der Waals surface area contributed by atoms with Gasteiger partial charge >= 0.3 is 0 Å². The number of ketones is 1. The number of rotatable bonds is 6. The van der Waals surface area contributed by atoms with Crippen LogP contribution in [0.25, 0.3) is 22.0 Å². The van der Waals surface area contributed by atoms with Crippen molar-refractivity contribution in [2.75, 3.05) is 13.7 Å². The number of carbonyl (C=O) groups excluding carboxylic acids is 1. The van der Waals surface area contributed by atoms with Crippen LogP contribution in [0.1, 0.15) is 64.8 Å². The van der Waals surface area contributed by atoms with Crippen LogP contribution >= 0.6 is 0 Å². The number of carbonyl (C=O) groups is 1. The van der Waals surface area contributed by atoms with E-state index < -0.39 is 0 Å². The lowest BCUT2D eigenvalue weighted by Gasteiger charge is -2.27. The van der Waals surface area contributed by atoms with E-state index in [9.17, 15) is 4.79 Å². The van der Waals surface area contributed by atoms with Gasteiger partial charge in [-0.25, -0.2) is 0 Å². The highest BCUT2D eigenvalue weighted by Gasteiger charge is 2.45. The third-order valence-corrected chi connectivity index (χ3v) is 7.97. The molecule has 0 saturated carbocycles. The highest BCUT2D eigenvalue weighted by Crippen LogP contribution is 2.48. The summed E-state index contributed by atoms with van der Waals surface area (Å²) in [5.74, 6) is 1.85. The van der Waals surface area contributed by atoms with Gasteiger partial charge in [0.25, 0.3) is 0 Å². The topological polar surface area (TPSA) is 45.1 Å². The van der Waals surface area contributed by atoms with E-state index in [1.54, 1.807) is 7.11 Å². The first-order valence-corrected chi connectivity index (χ1v) is 13.4. The smallest absolute Gasteiger partial charge is 0.213 e. The number of aromatic nitrogens is 1. The fourth-order valence-electron chi connectivity index (χ4n) is 6.16. The zero-order valence-corrected chi connectivity index (χ0v) is 23.5. The van der Waals surface area contributed by atoms with Crippen molar-refractivity contribution in [3.63, 3.8) is 0 Å². The number of benzene rings is 2. The minimum Gasteiger partial charge on any atom is -0.495 e. The number of nitrogens with one attached hydrogen (secondary N) is 1. The molecule has 1 aliphatic heterocycles. The number of fused-ring (bicyclic) bond motifs is 2. The monoisotopic (exact) mass is 495 g/mol. The Kier molecular flexibility index (Phi) is 6.26. The fourth-order valence-corrected chi connectivity index (χ4v) is 6.16. The van der Waals surface area contributed by atoms with Gasteiger partial charge in [-0.05, 0) is 36.8 Å². The lowest BCUT2D eigenvalue weighted by Crippen LogP contribution is -2.28. The number of para-hydroxylation sites is 2. The first kappa shape index (κ1) is 25.3. The van der Waals surface area contributed by atoms with Crippen molar-refractivity contribution >= 4 is 39.2 Å². The molecule has 0 amide bonds. The summed E-state index contributed by atoms with van der Waals surface area (Å²) in [5.41, 5.74) is 9.05. The Bertz CT molecular complexity index is 1500. The van der Waals surface area contributed by atoms with Gasteiger partial charge in [-0.1, -0.05) is 65.0 Å².